The highest BCUT2D eigenvalue weighted by Crippen LogP contribution is 2.33. The average molecular weight is 389 g/mol. The second kappa shape index (κ2) is 11.3. The number of hydrogen-bond acceptors (Lipinski definition) is 3. The van der Waals surface area contributed by atoms with E-state index >= 15 is 0 Å². The van der Waals surface area contributed by atoms with Crippen LogP contribution in [0.1, 0.15) is 46.5 Å². The summed E-state index contributed by atoms with van der Waals surface area (Å²) in [6.07, 6.45) is 4.95. The van der Waals surface area contributed by atoms with Crippen molar-refractivity contribution in [3.63, 3.8) is 0 Å². The third kappa shape index (κ3) is 7.34. The first-order chi connectivity index (χ1) is 13.4. The quantitative estimate of drug-likeness (QED) is 0.403. The summed E-state index contributed by atoms with van der Waals surface area (Å²) < 4.78 is 6.09. The molecule has 0 spiro atoms. The standard InChI is InChI=1S/C23H40N4O/c1-23(2,3)21-19(12-11-17-28-21)18-26-22(24-4)25-15-9-10-16-27(5)20-13-7-6-8-14-20/h6-8,13-14,19,21H,9-12,15-18H2,1-5H3,(H2,24,25,26). The molecule has 1 aliphatic heterocycles. The number of aliphatic imine (C=N–C) groups is 1. The van der Waals surface area contributed by atoms with Gasteiger partial charge in [-0.3, -0.25) is 4.99 Å². The molecule has 28 heavy (non-hydrogen) atoms. The van der Waals surface area contributed by atoms with Crippen LogP contribution in [-0.4, -0.2) is 52.4 Å². The molecule has 2 unspecified atom stereocenters. The summed E-state index contributed by atoms with van der Waals surface area (Å²) in [5.74, 6) is 1.43. The molecule has 1 heterocycles. The molecule has 1 aromatic carbocycles. The molecule has 0 bridgehead atoms. The molecular formula is C23H40N4O. The summed E-state index contributed by atoms with van der Waals surface area (Å²) in [6.45, 7) is 10.6. The first kappa shape index (κ1) is 22.5. The summed E-state index contributed by atoms with van der Waals surface area (Å²) in [5.41, 5.74) is 1.45. The van der Waals surface area contributed by atoms with Gasteiger partial charge in [-0.05, 0) is 43.2 Å². The molecule has 0 aliphatic carbocycles. The fraction of sp³-hybridized carbons (Fsp3) is 0.696. The number of rotatable bonds is 8. The van der Waals surface area contributed by atoms with E-state index in [0.29, 0.717) is 12.0 Å². The number of benzene rings is 1. The maximum Gasteiger partial charge on any atom is 0.190 e. The molecule has 5 nitrogen and oxygen atoms in total. The van der Waals surface area contributed by atoms with Gasteiger partial charge in [0.1, 0.15) is 0 Å². The Labute approximate surface area is 171 Å². The van der Waals surface area contributed by atoms with Gasteiger partial charge in [0, 0.05) is 51.9 Å². The van der Waals surface area contributed by atoms with Crippen molar-refractivity contribution in [2.75, 3.05) is 45.2 Å². The van der Waals surface area contributed by atoms with E-state index in [1.165, 1.54) is 12.1 Å². The van der Waals surface area contributed by atoms with Crippen LogP contribution in [0, 0.1) is 11.3 Å². The van der Waals surface area contributed by atoms with E-state index in [9.17, 15) is 0 Å². The molecule has 2 N–H and O–H groups in total. The van der Waals surface area contributed by atoms with Crippen molar-refractivity contribution >= 4 is 11.6 Å². The molecule has 2 atom stereocenters. The maximum atomic E-state index is 6.09. The molecule has 0 saturated carbocycles. The molecule has 0 amide bonds. The van der Waals surface area contributed by atoms with Gasteiger partial charge in [0.15, 0.2) is 5.96 Å². The fourth-order valence-electron chi connectivity index (χ4n) is 3.95. The minimum Gasteiger partial charge on any atom is -0.377 e. The second-order valence-electron chi connectivity index (χ2n) is 8.90. The van der Waals surface area contributed by atoms with Crippen LogP contribution in [0.25, 0.3) is 0 Å². The van der Waals surface area contributed by atoms with Crippen LogP contribution in [0.15, 0.2) is 35.3 Å². The Morgan fingerprint density at radius 2 is 1.93 bits per heavy atom. The van der Waals surface area contributed by atoms with Crippen LogP contribution >= 0.6 is 0 Å². The lowest BCUT2D eigenvalue weighted by Crippen LogP contribution is -2.47. The van der Waals surface area contributed by atoms with E-state index in [1.807, 2.05) is 7.05 Å². The lowest BCUT2D eigenvalue weighted by molar-refractivity contribution is -0.0835. The van der Waals surface area contributed by atoms with Crippen molar-refractivity contribution in [3.8, 4) is 0 Å². The molecule has 2 rings (SSSR count). The molecule has 5 heteroatoms. The third-order valence-electron chi connectivity index (χ3n) is 5.46. The first-order valence-electron chi connectivity index (χ1n) is 10.7. The Morgan fingerprint density at radius 1 is 1.18 bits per heavy atom. The van der Waals surface area contributed by atoms with Crippen molar-refractivity contribution < 1.29 is 4.74 Å². The summed E-state index contributed by atoms with van der Waals surface area (Å²) in [6, 6.07) is 10.5. The fourth-order valence-corrected chi connectivity index (χ4v) is 3.95. The summed E-state index contributed by atoms with van der Waals surface area (Å²) >= 11 is 0. The van der Waals surface area contributed by atoms with Gasteiger partial charge in [0.25, 0.3) is 0 Å². The second-order valence-corrected chi connectivity index (χ2v) is 8.90. The van der Waals surface area contributed by atoms with E-state index in [-0.39, 0.29) is 5.41 Å². The topological polar surface area (TPSA) is 48.9 Å². The summed E-state index contributed by atoms with van der Waals surface area (Å²) in [4.78, 5) is 6.69. The zero-order valence-corrected chi connectivity index (χ0v) is 18.5. The molecule has 1 aliphatic rings. The van der Waals surface area contributed by atoms with Crippen LogP contribution in [0.2, 0.25) is 0 Å². The van der Waals surface area contributed by atoms with Gasteiger partial charge in [0.05, 0.1) is 6.10 Å². The number of para-hydroxylation sites is 1. The van der Waals surface area contributed by atoms with Crippen LogP contribution < -0.4 is 15.5 Å². The van der Waals surface area contributed by atoms with Crippen LogP contribution in [0.4, 0.5) is 5.69 Å². The molecule has 1 aromatic rings. The lowest BCUT2D eigenvalue weighted by atomic mass is 9.78. The maximum absolute atomic E-state index is 6.09. The highest BCUT2D eigenvalue weighted by atomic mass is 16.5. The molecule has 0 radical (unpaired) electrons. The number of nitrogens with zero attached hydrogens (tertiary/aromatic N) is 2. The molecular weight excluding hydrogens is 348 g/mol. The van der Waals surface area contributed by atoms with Crippen molar-refractivity contribution in [2.45, 2.75) is 52.6 Å². The molecule has 158 valence electrons. The Morgan fingerprint density at radius 3 is 2.61 bits per heavy atom. The number of guanidine groups is 1. The SMILES string of the molecule is CN=C(NCCCCN(C)c1ccccc1)NCC1CCCOC1C(C)(C)C. The van der Waals surface area contributed by atoms with Crippen LogP contribution in [0.3, 0.4) is 0 Å². The highest BCUT2D eigenvalue weighted by Gasteiger charge is 2.35. The van der Waals surface area contributed by atoms with Crippen LogP contribution in [-0.2, 0) is 4.74 Å². The zero-order chi connectivity index (χ0) is 20.4. The molecule has 1 saturated heterocycles. The van der Waals surface area contributed by atoms with Crippen molar-refractivity contribution in [1.82, 2.24) is 10.6 Å². The minimum atomic E-state index is 0.175. The lowest BCUT2D eigenvalue weighted by Gasteiger charge is -2.40. The predicted octanol–water partition coefficient (Wildman–Crippen LogP) is 3.91. The number of hydrogen-bond donors (Lipinski definition) is 2. The van der Waals surface area contributed by atoms with Gasteiger partial charge in [-0.25, -0.2) is 0 Å². The first-order valence-corrected chi connectivity index (χ1v) is 10.7. The molecule has 1 fully saturated rings. The van der Waals surface area contributed by atoms with Gasteiger partial charge in [-0.1, -0.05) is 39.0 Å². The minimum absolute atomic E-state index is 0.175. The normalized spacial score (nSPS) is 20.7. The Balaban J connectivity index is 1.66. The van der Waals surface area contributed by atoms with Crippen LogP contribution in [0.5, 0.6) is 0 Å². The number of nitrogens with one attached hydrogen (secondary N) is 2. The Hall–Kier alpha value is -1.75. The third-order valence-corrected chi connectivity index (χ3v) is 5.46. The zero-order valence-electron chi connectivity index (χ0n) is 18.5. The van der Waals surface area contributed by atoms with Gasteiger partial charge < -0.3 is 20.3 Å². The van der Waals surface area contributed by atoms with E-state index in [0.717, 1.165) is 51.5 Å². The summed E-state index contributed by atoms with van der Waals surface area (Å²) in [7, 11) is 4.00. The van der Waals surface area contributed by atoms with Crippen molar-refractivity contribution in [3.05, 3.63) is 30.3 Å². The van der Waals surface area contributed by atoms with Gasteiger partial charge in [-0.2, -0.15) is 0 Å². The van der Waals surface area contributed by atoms with Gasteiger partial charge >= 0.3 is 0 Å². The Kier molecular flexibility index (Phi) is 9.10. The van der Waals surface area contributed by atoms with E-state index in [2.05, 4.69) is 78.7 Å². The highest BCUT2D eigenvalue weighted by molar-refractivity contribution is 5.79. The smallest absolute Gasteiger partial charge is 0.190 e. The predicted molar refractivity (Wildman–Crippen MR) is 120 cm³/mol. The van der Waals surface area contributed by atoms with E-state index < -0.39 is 0 Å². The monoisotopic (exact) mass is 388 g/mol. The van der Waals surface area contributed by atoms with E-state index in [1.54, 1.807) is 0 Å². The Bertz CT molecular complexity index is 582. The average Bonchev–Trinajstić information content (AvgIpc) is 2.70. The molecule has 0 aromatic heterocycles. The van der Waals surface area contributed by atoms with Crippen molar-refractivity contribution in [2.24, 2.45) is 16.3 Å². The largest absolute Gasteiger partial charge is 0.377 e. The van der Waals surface area contributed by atoms with Gasteiger partial charge in [0.2, 0.25) is 0 Å². The van der Waals surface area contributed by atoms with Gasteiger partial charge in [-0.15, -0.1) is 0 Å². The number of unbranched alkanes of at least 4 members (excludes halogenated alkanes) is 1. The number of ether oxygens (including phenoxy) is 1. The van der Waals surface area contributed by atoms with E-state index in [4.69, 9.17) is 4.74 Å². The van der Waals surface area contributed by atoms with Crippen molar-refractivity contribution in [1.29, 1.82) is 0 Å². The summed E-state index contributed by atoms with van der Waals surface area (Å²) in [5, 5.41) is 6.97. The number of anilines is 1.